The summed E-state index contributed by atoms with van der Waals surface area (Å²) in [4.78, 5) is 16.0. The lowest BCUT2D eigenvalue weighted by Gasteiger charge is -2.28. The van der Waals surface area contributed by atoms with Crippen molar-refractivity contribution in [2.75, 3.05) is 52.9 Å². The second kappa shape index (κ2) is 11.9. The van der Waals surface area contributed by atoms with Crippen molar-refractivity contribution in [3.05, 3.63) is 28.7 Å². The summed E-state index contributed by atoms with van der Waals surface area (Å²) in [6.45, 7) is 5.40. The van der Waals surface area contributed by atoms with Gasteiger partial charge in [0.1, 0.15) is 12.4 Å². The maximum absolute atomic E-state index is 12.1. The molecule has 1 aromatic carbocycles. The molecular weight excluding hydrogens is 405 g/mol. The van der Waals surface area contributed by atoms with Gasteiger partial charge in [-0.2, -0.15) is 0 Å². The molecule has 0 bridgehead atoms. The Bertz CT molecular complexity index is 457. The van der Waals surface area contributed by atoms with Crippen LogP contribution >= 0.6 is 40.7 Å². The van der Waals surface area contributed by atoms with E-state index in [4.69, 9.17) is 4.74 Å². The van der Waals surface area contributed by atoms with Crippen molar-refractivity contribution >= 4 is 46.7 Å². The van der Waals surface area contributed by atoms with Crippen LogP contribution < -0.4 is 10.1 Å². The minimum Gasteiger partial charge on any atom is -0.492 e. The van der Waals surface area contributed by atoms with E-state index in [9.17, 15) is 4.79 Å². The lowest BCUT2D eigenvalue weighted by Crippen LogP contribution is -2.48. The molecule has 0 aliphatic carbocycles. The third-order valence-corrected chi connectivity index (χ3v) is 4.03. The van der Waals surface area contributed by atoms with Gasteiger partial charge in [-0.15, -0.1) is 24.8 Å². The van der Waals surface area contributed by atoms with Crippen molar-refractivity contribution in [1.82, 2.24) is 15.1 Å². The molecule has 1 fully saturated rings. The molecule has 2 rings (SSSR count). The van der Waals surface area contributed by atoms with Crippen LogP contribution in [0.1, 0.15) is 0 Å². The molecule has 1 heterocycles. The first-order chi connectivity index (χ1) is 10.1. The van der Waals surface area contributed by atoms with E-state index < -0.39 is 0 Å². The van der Waals surface area contributed by atoms with Crippen molar-refractivity contribution in [3.63, 3.8) is 0 Å². The fraction of sp³-hybridized carbons (Fsp3) is 0.533. The van der Waals surface area contributed by atoms with Crippen molar-refractivity contribution in [2.24, 2.45) is 0 Å². The first kappa shape index (κ1) is 22.5. The summed E-state index contributed by atoms with van der Waals surface area (Å²) >= 11 is 3.39. The highest BCUT2D eigenvalue weighted by molar-refractivity contribution is 9.10. The van der Waals surface area contributed by atoms with Gasteiger partial charge in [-0.3, -0.25) is 9.69 Å². The Kier molecular flexibility index (Phi) is 11.6. The van der Waals surface area contributed by atoms with Crippen LogP contribution in [0.5, 0.6) is 5.75 Å². The summed E-state index contributed by atoms with van der Waals surface area (Å²) in [7, 11) is 1.83. The van der Waals surface area contributed by atoms with Crippen LogP contribution in [0.2, 0.25) is 0 Å². The first-order valence-corrected chi connectivity index (χ1v) is 8.00. The van der Waals surface area contributed by atoms with Gasteiger partial charge in [0, 0.05) is 37.7 Å². The molecule has 0 spiro atoms. The highest BCUT2D eigenvalue weighted by atomic mass is 79.9. The molecule has 0 saturated carbocycles. The summed E-state index contributed by atoms with van der Waals surface area (Å²) in [5.41, 5.74) is 0. The maximum atomic E-state index is 12.1. The van der Waals surface area contributed by atoms with E-state index in [-0.39, 0.29) is 30.7 Å². The van der Waals surface area contributed by atoms with Gasteiger partial charge >= 0.3 is 0 Å². The second-order valence-corrected chi connectivity index (χ2v) is 6.06. The number of nitrogens with zero attached hydrogens (tertiary/aromatic N) is 2. The van der Waals surface area contributed by atoms with Gasteiger partial charge < -0.3 is 15.0 Å². The zero-order valence-electron chi connectivity index (χ0n) is 13.2. The van der Waals surface area contributed by atoms with Crippen molar-refractivity contribution in [1.29, 1.82) is 0 Å². The number of rotatable bonds is 6. The first-order valence-electron chi connectivity index (χ1n) is 7.20. The second-order valence-electron chi connectivity index (χ2n) is 5.14. The van der Waals surface area contributed by atoms with Gasteiger partial charge in [0.05, 0.1) is 13.1 Å². The molecule has 1 saturated heterocycles. The van der Waals surface area contributed by atoms with Gasteiger partial charge in [0.15, 0.2) is 0 Å². The number of ether oxygens (including phenoxy) is 1. The normalized spacial score (nSPS) is 14.3. The fourth-order valence-corrected chi connectivity index (χ4v) is 2.40. The lowest BCUT2D eigenvalue weighted by atomic mass is 10.3. The smallest absolute Gasteiger partial charge is 0.236 e. The van der Waals surface area contributed by atoms with Crippen LogP contribution in [-0.4, -0.2) is 68.6 Å². The van der Waals surface area contributed by atoms with Gasteiger partial charge in [0.25, 0.3) is 0 Å². The molecule has 0 aromatic heterocycles. The number of nitrogens with one attached hydrogen (secondary N) is 1. The van der Waals surface area contributed by atoms with Gasteiger partial charge in [-0.1, -0.05) is 15.9 Å². The Morgan fingerprint density at radius 2 is 1.87 bits per heavy atom. The fourth-order valence-electron chi connectivity index (χ4n) is 2.14. The Morgan fingerprint density at radius 1 is 1.26 bits per heavy atom. The monoisotopic (exact) mass is 427 g/mol. The van der Waals surface area contributed by atoms with Crippen molar-refractivity contribution < 1.29 is 9.53 Å². The number of carbonyl (C=O) groups excluding carboxylic acids is 1. The van der Waals surface area contributed by atoms with Crippen LogP contribution in [0.25, 0.3) is 0 Å². The van der Waals surface area contributed by atoms with E-state index in [2.05, 4.69) is 26.1 Å². The van der Waals surface area contributed by atoms with Crippen molar-refractivity contribution in [3.8, 4) is 5.75 Å². The average molecular weight is 429 g/mol. The molecule has 1 amide bonds. The molecule has 23 heavy (non-hydrogen) atoms. The van der Waals surface area contributed by atoms with Crippen molar-refractivity contribution in [2.45, 2.75) is 0 Å². The number of piperazine rings is 1. The molecule has 0 unspecified atom stereocenters. The Morgan fingerprint density at radius 3 is 2.48 bits per heavy atom. The molecule has 132 valence electrons. The molecule has 5 nitrogen and oxygen atoms in total. The summed E-state index contributed by atoms with van der Waals surface area (Å²) < 4.78 is 6.66. The summed E-state index contributed by atoms with van der Waals surface area (Å²) in [5, 5.41) is 3.28. The maximum Gasteiger partial charge on any atom is 0.236 e. The van der Waals surface area contributed by atoms with E-state index in [1.165, 1.54) is 0 Å². The lowest BCUT2D eigenvalue weighted by molar-refractivity contribution is -0.131. The van der Waals surface area contributed by atoms with Crippen LogP contribution in [0.15, 0.2) is 28.7 Å². The molecule has 0 radical (unpaired) electrons. The van der Waals surface area contributed by atoms with E-state index in [1.54, 1.807) is 4.90 Å². The average Bonchev–Trinajstić information content (AvgIpc) is 2.50. The van der Waals surface area contributed by atoms with Gasteiger partial charge in [0.2, 0.25) is 5.91 Å². The largest absolute Gasteiger partial charge is 0.492 e. The molecule has 1 aliphatic rings. The number of hydrogen-bond donors (Lipinski definition) is 1. The minimum absolute atomic E-state index is 0. The van der Waals surface area contributed by atoms with Gasteiger partial charge in [-0.05, 0) is 24.3 Å². The molecule has 1 aromatic rings. The Labute approximate surface area is 158 Å². The van der Waals surface area contributed by atoms with E-state index in [0.717, 1.165) is 36.4 Å². The number of hydrogen-bond acceptors (Lipinski definition) is 4. The number of carbonyl (C=O) groups is 1. The summed E-state index contributed by atoms with van der Waals surface area (Å²) in [5.74, 6) is 0.970. The van der Waals surface area contributed by atoms with Gasteiger partial charge in [-0.25, -0.2) is 0 Å². The Balaban J connectivity index is 0.00000242. The molecular formula is C15H24BrCl2N3O2. The third kappa shape index (κ3) is 8.22. The highest BCUT2D eigenvalue weighted by Crippen LogP contribution is 2.15. The summed E-state index contributed by atoms with van der Waals surface area (Å²) in [6.07, 6.45) is 0. The molecule has 8 heteroatoms. The van der Waals surface area contributed by atoms with E-state index in [0.29, 0.717) is 19.7 Å². The topological polar surface area (TPSA) is 44.8 Å². The zero-order chi connectivity index (χ0) is 15.1. The summed E-state index contributed by atoms with van der Waals surface area (Å²) in [6, 6.07) is 7.70. The van der Waals surface area contributed by atoms with E-state index >= 15 is 0 Å². The highest BCUT2D eigenvalue weighted by Gasteiger charge is 2.16. The third-order valence-electron chi connectivity index (χ3n) is 3.50. The SMILES string of the molecule is CN(CCOc1ccc(Br)cc1)C(=O)CN1CCNCC1.Cl.Cl. The predicted octanol–water partition coefficient (Wildman–Crippen LogP) is 2.04. The van der Waals surface area contributed by atoms with E-state index in [1.807, 2.05) is 31.3 Å². The number of likely N-dealkylation sites (N-methyl/N-ethyl adjacent to an activating group) is 1. The van der Waals surface area contributed by atoms with Crippen LogP contribution in [0.3, 0.4) is 0 Å². The number of benzene rings is 1. The molecule has 0 atom stereocenters. The number of halogens is 3. The standard InChI is InChI=1S/C15H22BrN3O2.2ClH/c1-18(15(20)12-19-8-6-17-7-9-19)10-11-21-14-4-2-13(16)3-5-14;;/h2-5,17H,6-12H2,1H3;2*1H. The molecule has 1 N–H and O–H groups in total. The quantitative estimate of drug-likeness (QED) is 0.752. The predicted molar refractivity (Wildman–Crippen MR) is 101 cm³/mol. The zero-order valence-corrected chi connectivity index (χ0v) is 16.4. The molecule has 1 aliphatic heterocycles. The van der Waals surface area contributed by atoms with Crippen LogP contribution in [0.4, 0.5) is 0 Å². The minimum atomic E-state index is 0. The van der Waals surface area contributed by atoms with Crippen LogP contribution in [-0.2, 0) is 4.79 Å². The van der Waals surface area contributed by atoms with Crippen LogP contribution in [0, 0.1) is 0 Å². The number of amides is 1. The Hall–Kier alpha value is -0.530.